The van der Waals surface area contributed by atoms with Gasteiger partial charge in [0.2, 0.25) is 0 Å². The van der Waals surface area contributed by atoms with Gasteiger partial charge in [0.15, 0.2) is 0 Å². The van der Waals surface area contributed by atoms with Crippen molar-refractivity contribution in [1.29, 1.82) is 0 Å². The second-order valence-corrected chi connectivity index (χ2v) is 6.05. The van der Waals surface area contributed by atoms with Crippen molar-refractivity contribution in [3.63, 3.8) is 0 Å². The van der Waals surface area contributed by atoms with E-state index >= 15 is 0 Å². The molecule has 0 atom stereocenters. The van der Waals surface area contributed by atoms with E-state index in [2.05, 4.69) is 35.0 Å². The fourth-order valence-electron chi connectivity index (χ4n) is 2.14. The van der Waals surface area contributed by atoms with E-state index in [1.54, 1.807) is 7.11 Å². The first kappa shape index (κ1) is 16.1. The number of rotatable bonds is 7. The Hall–Kier alpha value is 0.0800. The summed E-state index contributed by atoms with van der Waals surface area (Å²) < 4.78 is 6.20. The highest BCUT2D eigenvalue weighted by Crippen LogP contribution is 2.34. The SMILES string of the molecule is CCCC(CCl)(CCl)Cc1ccc(OC)c(Br)c1. The summed E-state index contributed by atoms with van der Waals surface area (Å²) in [6.07, 6.45) is 3.04. The Labute approximate surface area is 128 Å². The Morgan fingerprint density at radius 2 is 1.94 bits per heavy atom. The molecule has 0 aliphatic carbocycles. The van der Waals surface area contributed by atoms with Gasteiger partial charge in [-0.25, -0.2) is 0 Å². The molecule has 1 aromatic carbocycles. The first-order valence-electron chi connectivity index (χ1n) is 6.05. The third-order valence-electron chi connectivity index (χ3n) is 3.14. The summed E-state index contributed by atoms with van der Waals surface area (Å²) in [6.45, 7) is 2.16. The van der Waals surface area contributed by atoms with Gasteiger partial charge in [0, 0.05) is 17.2 Å². The standard InChI is InChI=1S/C14H19BrCl2O/c1-3-6-14(9-16,10-17)8-11-4-5-13(18-2)12(15)7-11/h4-5,7H,3,6,8-10H2,1-2H3. The van der Waals surface area contributed by atoms with Gasteiger partial charge in [-0.2, -0.15) is 0 Å². The average Bonchev–Trinajstić information content (AvgIpc) is 2.38. The summed E-state index contributed by atoms with van der Waals surface area (Å²) in [7, 11) is 1.67. The van der Waals surface area contributed by atoms with Crippen LogP contribution in [0, 0.1) is 5.41 Å². The Bertz CT molecular complexity index is 378. The molecule has 0 amide bonds. The maximum atomic E-state index is 6.13. The number of methoxy groups -OCH3 is 1. The number of benzene rings is 1. The molecule has 1 rings (SSSR count). The Morgan fingerprint density at radius 1 is 1.28 bits per heavy atom. The minimum absolute atomic E-state index is 0.00805. The summed E-state index contributed by atoms with van der Waals surface area (Å²) >= 11 is 15.8. The molecule has 0 bridgehead atoms. The van der Waals surface area contributed by atoms with Gasteiger partial charge in [-0.15, -0.1) is 23.2 Å². The summed E-state index contributed by atoms with van der Waals surface area (Å²) in [4.78, 5) is 0. The topological polar surface area (TPSA) is 9.23 Å². The van der Waals surface area contributed by atoms with Gasteiger partial charge >= 0.3 is 0 Å². The van der Waals surface area contributed by atoms with Crippen LogP contribution in [-0.2, 0) is 6.42 Å². The average molecular weight is 354 g/mol. The predicted octanol–water partition coefficient (Wildman–Crippen LogP) is 5.26. The third-order valence-corrected chi connectivity index (χ3v) is 4.90. The van der Waals surface area contributed by atoms with Gasteiger partial charge in [0.1, 0.15) is 5.75 Å². The normalized spacial score (nSPS) is 11.6. The van der Waals surface area contributed by atoms with Crippen molar-refractivity contribution >= 4 is 39.1 Å². The van der Waals surface area contributed by atoms with Crippen molar-refractivity contribution in [2.75, 3.05) is 18.9 Å². The molecule has 18 heavy (non-hydrogen) atoms. The minimum Gasteiger partial charge on any atom is -0.496 e. The van der Waals surface area contributed by atoms with Crippen LogP contribution in [0.25, 0.3) is 0 Å². The quantitative estimate of drug-likeness (QED) is 0.607. The van der Waals surface area contributed by atoms with Crippen LogP contribution in [0.1, 0.15) is 25.3 Å². The van der Waals surface area contributed by atoms with Crippen molar-refractivity contribution < 1.29 is 4.74 Å². The van der Waals surface area contributed by atoms with E-state index in [4.69, 9.17) is 27.9 Å². The van der Waals surface area contributed by atoms with Crippen LogP contribution < -0.4 is 4.74 Å². The van der Waals surface area contributed by atoms with Gasteiger partial charge < -0.3 is 4.74 Å². The Kier molecular flexibility index (Phi) is 6.83. The van der Waals surface area contributed by atoms with E-state index in [-0.39, 0.29) is 5.41 Å². The summed E-state index contributed by atoms with van der Waals surface area (Å²) in [6, 6.07) is 6.13. The Morgan fingerprint density at radius 3 is 2.39 bits per heavy atom. The third kappa shape index (κ3) is 4.04. The second-order valence-electron chi connectivity index (χ2n) is 4.66. The van der Waals surface area contributed by atoms with Gasteiger partial charge in [-0.3, -0.25) is 0 Å². The second kappa shape index (κ2) is 7.62. The van der Waals surface area contributed by atoms with Gasteiger partial charge in [0.25, 0.3) is 0 Å². The van der Waals surface area contributed by atoms with E-state index in [9.17, 15) is 0 Å². The van der Waals surface area contributed by atoms with Gasteiger partial charge in [0.05, 0.1) is 11.6 Å². The lowest BCUT2D eigenvalue weighted by Crippen LogP contribution is -2.28. The van der Waals surface area contributed by atoms with Crippen LogP contribution in [0.4, 0.5) is 0 Å². The molecule has 0 aliphatic heterocycles. The summed E-state index contributed by atoms with van der Waals surface area (Å²) in [5.41, 5.74) is 1.23. The fraction of sp³-hybridized carbons (Fsp3) is 0.571. The molecular weight excluding hydrogens is 335 g/mol. The number of ether oxygens (including phenoxy) is 1. The molecule has 0 N–H and O–H groups in total. The molecule has 1 aromatic rings. The van der Waals surface area contributed by atoms with Crippen LogP contribution in [0.5, 0.6) is 5.75 Å². The lowest BCUT2D eigenvalue weighted by molar-refractivity contribution is 0.340. The monoisotopic (exact) mass is 352 g/mol. The lowest BCUT2D eigenvalue weighted by Gasteiger charge is -2.29. The van der Waals surface area contributed by atoms with Crippen molar-refractivity contribution in [3.05, 3.63) is 28.2 Å². The zero-order valence-electron chi connectivity index (χ0n) is 10.8. The van der Waals surface area contributed by atoms with E-state index in [1.165, 1.54) is 5.56 Å². The maximum Gasteiger partial charge on any atom is 0.133 e. The van der Waals surface area contributed by atoms with Gasteiger partial charge in [-0.05, 0) is 46.5 Å². The van der Waals surface area contributed by atoms with E-state index in [1.807, 2.05) is 6.07 Å². The van der Waals surface area contributed by atoms with Crippen LogP contribution in [-0.4, -0.2) is 18.9 Å². The largest absolute Gasteiger partial charge is 0.496 e. The molecule has 0 unspecified atom stereocenters. The maximum absolute atomic E-state index is 6.13. The first-order chi connectivity index (χ1) is 8.60. The van der Waals surface area contributed by atoms with Crippen LogP contribution >= 0.6 is 39.1 Å². The van der Waals surface area contributed by atoms with Crippen LogP contribution in [0.3, 0.4) is 0 Å². The van der Waals surface area contributed by atoms with Gasteiger partial charge in [-0.1, -0.05) is 19.4 Å². The highest BCUT2D eigenvalue weighted by Gasteiger charge is 2.28. The highest BCUT2D eigenvalue weighted by molar-refractivity contribution is 9.10. The van der Waals surface area contributed by atoms with E-state index < -0.39 is 0 Å². The smallest absolute Gasteiger partial charge is 0.133 e. The van der Waals surface area contributed by atoms with Crippen LogP contribution in [0.2, 0.25) is 0 Å². The summed E-state index contributed by atoms with van der Waals surface area (Å²) in [5.74, 6) is 2.03. The first-order valence-corrected chi connectivity index (χ1v) is 7.91. The molecule has 4 heteroatoms. The summed E-state index contributed by atoms with van der Waals surface area (Å²) in [5, 5.41) is 0. The highest BCUT2D eigenvalue weighted by atomic mass is 79.9. The molecule has 0 spiro atoms. The minimum atomic E-state index is -0.00805. The predicted molar refractivity (Wildman–Crippen MR) is 83.2 cm³/mol. The zero-order valence-corrected chi connectivity index (χ0v) is 13.9. The molecule has 102 valence electrons. The molecule has 0 fully saturated rings. The number of hydrogen-bond donors (Lipinski definition) is 0. The number of halogens is 3. The molecule has 0 saturated carbocycles. The fourth-order valence-corrected chi connectivity index (χ4v) is 3.47. The molecule has 0 saturated heterocycles. The van der Waals surface area contributed by atoms with E-state index in [0.29, 0.717) is 11.8 Å². The lowest BCUT2D eigenvalue weighted by atomic mass is 9.81. The number of alkyl halides is 2. The molecule has 0 heterocycles. The van der Waals surface area contributed by atoms with Crippen molar-refractivity contribution in [2.45, 2.75) is 26.2 Å². The van der Waals surface area contributed by atoms with Crippen molar-refractivity contribution in [1.82, 2.24) is 0 Å². The van der Waals surface area contributed by atoms with Crippen molar-refractivity contribution in [3.8, 4) is 5.75 Å². The van der Waals surface area contributed by atoms with Crippen LogP contribution in [0.15, 0.2) is 22.7 Å². The molecule has 0 aromatic heterocycles. The zero-order chi connectivity index (χ0) is 13.6. The molecule has 1 nitrogen and oxygen atoms in total. The molecular formula is C14H19BrCl2O. The number of hydrogen-bond acceptors (Lipinski definition) is 1. The molecule has 0 aliphatic rings. The Balaban J connectivity index is 2.90. The van der Waals surface area contributed by atoms with Crippen molar-refractivity contribution in [2.24, 2.45) is 5.41 Å². The van der Waals surface area contributed by atoms with E-state index in [0.717, 1.165) is 29.5 Å². The molecule has 0 radical (unpaired) electrons.